The Hall–Kier alpha value is -1.43. The average Bonchev–Trinajstić information content (AvgIpc) is 3.69. The normalized spacial score (nSPS) is 39.6. The summed E-state index contributed by atoms with van der Waals surface area (Å²) < 4.78 is 66.9. The minimum absolute atomic E-state index is 0.0269. The second-order valence-electron chi connectivity index (χ2n) is 10.5. The maximum Gasteiger partial charge on any atom is 0.482 e. The molecule has 24 heteroatoms. The number of thiol groups is 1. The highest BCUT2D eigenvalue weighted by molar-refractivity contribution is 8.45. The lowest BCUT2D eigenvalue weighted by Crippen LogP contribution is -2.61. The van der Waals surface area contributed by atoms with E-state index in [1.165, 1.54) is 0 Å². The molecule has 12 atom stereocenters. The van der Waals surface area contributed by atoms with Crippen LogP contribution in [0.1, 0.15) is 19.1 Å². The van der Waals surface area contributed by atoms with Gasteiger partial charge in [0.15, 0.2) is 24.0 Å². The predicted molar refractivity (Wildman–Crippen MR) is 142 cm³/mol. The van der Waals surface area contributed by atoms with E-state index in [0.717, 1.165) is 17.2 Å². The fraction of sp³-hybridized carbons (Fsp3) is 0.750. The summed E-state index contributed by atoms with van der Waals surface area (Å²) in [7, 11) is -5.64. The van der Waals surface area contributed by atoms with Crippen molar-refractivity contribution in [1.82, 2.24) is 19.5 Å². The van der Waals surface area contributed by atoms with Gasteiger partial charge in [-0.3, -0.25) is 13.6 Å². The molecule has 4 heterocycles. The number of ether oxygens (including phenoxy) is 2. The van der Waals surface area contributed by atoms with E-state index in [-0.39, 0.29) is 17.0 Å². The summed E-state index contributed by atoms with van der Waals surface area (Å²) in [6.07, 6.45) is -13.3. The molecule has 0 amide bonds. The van der Waals surface area contributed by atoms with E-state index in [9.17, 15) is 44.7 Å². The zero-order chi connectivity index (χ0) is 32.4. The zero-order valence-electron chi connectivity index (χ0n) is 22.2. The van der Waals surface area contributed by atoms with Gasteiger partial charge in [-0.1, -0.05) is 12.2 Å². The number of hydrogen-bond acceptors (Lipinski definition) is 18. The lowest BCUT2D eigenvalue weighted by Gasteiger charge is -2.41. The number of alkyl halides is 1. The van der Waals surface area contributed by atoms with E-state index in [2.05, 4.69) is 36.0 Å². The van der Waals surface area contributed by atoms with Crippen molar-refractivity contribution < 1.29 is 77.0 Å². The van der Waals surface area contributed by atoms with E-state index < -0.39 is 94.3 Å². The first kappa shape index (κ1) is 33.9. The highest BCUT2D eigenvalue weighted by Crippen LogP contribution is 2.67. The van der Waals surface area contributed by atoms with Crippen molar-refractivity contribution in [2.75, 3.05) is 18.9 Å². The van der Waals surface area contributed by atoms with Gasteiger partial charge < -0.3 is 55.8 Å². The highest BCUT2D eigenvalue weighted by atomic mass is 32.7. The Morgan fingerprint density at radius 1 is 1.18 bits per heavy atom. The summed E-state index contributed by atoms with van der Waals surface area (Å²) in [4.78, 5) is 22.0. The molecule has 1 saturated carbocycles. The molecule has 7 unspecified atom stereocenters. The number of nitrogen functional groups attached to an aromatic ring is 1. The van der Waals surface area contributed by atoms with Crippen LogP contribution in [0.4, 0.5) is 10.2 Å². The molecule has 10 N–H and O–H groups in total. The second-order valence-corrected chi connectivity index (χ2v) is 15.0. The molecule has 44 heavy (non-hydrogen) atoms. The van der Waals surface area contributed by atoms with Gasteiger partial charge in [0, 0.05) is 0 Å². The van der Waals surface area contributed by atoms with E-state index >= 15 is 4.39 Å². The number of anilines is 1. The molecule has 2 aromatic heterocycles. The largest absolute Gasteiger partial charge is 0.482 e. The van der Waals surface area contributed by atoms with Crippen molar-refractivity contribution in [3.8, 4) is 0 Å². The van der Waals surface area contributed by atoms with Gasteiger partial charge >= 0.3 is 14.6 Å². The quantitative estimate of drug-likeness (QED) is 0.0855. The molecule has 2 aliphatic heterocycles. The Kier molecular flexibility index (Phi) is 9.24. The molecule has 0 bridgehead atoms. The van der Waals surface area contributed by atoms with Gasteiger partial charge in [0.25, 0.3) is 5.85 Å². The average molecular weight is 693 g/mol. The Labute approximate surface area is 251 Å². The number of hydrogen-bond donors (Lipinski definition) is 10. The number of nitrogens with two attached hydrogens (primary N) is 1. The molecule has 0 aromatic carbocycles. The Morgan fingerprint density at radius 2 is 1.86 bits per heavy atom. The summed E-state index contributed by atoms with van der Waals surface area (Å²) in [5.74, 6) is -4.01. The van der Waals surface area contributed by atoms with Crippen LogP contribution < -0.4 is 5.73 Å². The smallest absolute Gasteiger partial charge is 0.394 e. The van der Waals surface area contributed by atoms with Crippen LogP contribution in [-0.2, 0) is 32.0 Å². The molecule has 0 radical (unpaired) electrons. The molecule has 20 nitrogen and oxygen atoms in total. The maximum atomic E-state index is 16.2. The third-order valence-electron chi connectivity index (χ3n) is 7.46. The summed E-state index contributed by atoms with van der Waals surface area (Å²) >= 11 is 3.52. The predicted octanol–water partition coefficient (Wildman–Crippen LogP) is -2.55. The first-order valence-electron chi connectivity index (χ1n) is 12.8. The van der Waals surface area contributed by atoms with Crippen molar-refractivity contribution in [3.05, 3.63) is 12.7 Å². The van der Waals surface area contributed by atoms with Crippen LogP contribution in [-0.4, -0.2) is 128 Å². The number of halogens is 1. The van der Waals surface area contributed by atoms with Crippen molar-refractivity contribution in [1.29, 1.82) is 0 Å². The standard InChI is InChI=1S/C20H30FN5O15P2S/c21-19(17(32)20(33,7-1-2-7)18(39-19)26-6-25-9-14(22)23-5-24-15(9)26)4-37-43(36,44)41-42(34,35)40-16-12(31)10(29)11(30)13(38-16)8(28)3-27/h5-8,10-13,16-18,27-33H,1-4H2,(H,34,35)(H,36,44)(H2,22,23,24)/t8-,10?,11?,12?,13?,16?,17+,18+,19+,20+,43?/m0/s1. The Balaban J connectivity index is 1.30. The highest BCUT2D eigenvalue weighted by Gasteiger charge is 2.70. The fourth-order valence-corrected chi connectivity index (χ4v) is 8.25. The number of aliphatic hydroxyl groups is 7. The third-order valence-corrected chi connectivity index (χ3v) is 11.0. The van der Waals surface area contributed by atoms with Crippen LogP contribution in [0.25, 0.3) is 11.2 Å². The van der Waals surface area contributed by atoms with E-state index in [0.29, 0.717) is 12.8 Å². The summed E-state index contributed by atoms with van der Waals surface area (Å²) in [6, 6.07) is 0. The number of fused-ring (bicyclic) bond motifs is 1. The molecule has 3 fully saturated rings. The van der Waals surface area contributed by atoms with Gasteiger partial charge in [-0.2, -0.15) is 4.31 Å². The monoisotopic (exact) mass is 693 g/mol. The SMILES string of the molecule is Nc1ncnc2c1ncn2[C@@H]1O[C@](F)(COP(=O)(S)OP(=O)(O)OC2OC([C@@H](O)CO)C(O)C(O)C2O)[C@@H](O)[C@]1(O)C1CC1. The molecule has 2 aromatic rings. The number of aromatic nitrogens is 4. The van der Waals surface area contributed by atoms with Gasteiger partial charge in [-0.25, -0.2) is 28.5 Å². The molecule has 248 valence electrons. The summed E-state index contributed by atoms with van der Waals surface area (Å²) in [5.41, 5.74) is 3.62. The molecule has 1 aliphatic carbocycles. The van der Waals surface area contributed by atoms with Crippen LogP contribution in [0.3, 0.4) is 0 Å². The molecule has 2 saturated heterocycles. The molecular weight excluding hydrogens is 663 g/mol. The van der Waals surface area contributed by atoms with E-state index in [1.54, 1.807) is 0 Å². The van der Waals surface area contributed by atoms with Crippen LogP contribution in [0.15, 0.2) is 12.7 Å². The van der Waals surface area contributed by atoms with Crippen LogP contribution in [0.2, 0.25) is 0 Å². The van der Waals surface area contributed by atoms with Crippen LogP contribution >= 0.6 is 26.9 Å². The minimum atomic E-state index is -5.64. The fourth-order valence-electron chi connectivity index (χ4n) is 5.09. The van der Waals surface area contributed by atoms with E-state index in [1.807, 2.05) is 0 Å². The number of imidazole rings is 1. The topological polar surface area (TPSA) is 312 Å². The molecule has 0 spiro atoms. The summed E-state index contributed by atoms with van der Waals surface area (Å²) in [6.45, 7) is -7.59. The number of phosphoric ester groups is 1. The van der Waals surface area contributed by atoms with E-state index in [4.69, 9.17) is 24.8 Å². The van der Waals surface area contributed by atoms with Crippen molar-refractivity contribution in [3.63, 3.8) is 0 Å². The third kappa shape index (κ3) is 6.16. The minimum Gasteiger partial charge on any atom is -0.394 e. The zero-order valence-corrected chi connectivity index (χ0v) is 24.9. The van der Waals surface area contributed by atoms with Gasteiger partial charge in [-0.05, 0) is 18.8 Å². The lowest BCUT2D eigenvalue weighted by atomic mass is 9.88. The van der Waals surface area contributed by atoms with Gasteiger partial charge in [0.05, 0.1) is 12.9 Å². The number of rotatable bonds is 11. The molecule has 3 aliphatic rings. The van der Waals surface area contributed by atoms with Crippen molar-refractivity contribution >= 4 is 43.9 Å². The summed E-state index contributed by atoms with van der Waals surface area (Å²) in [5, 5.41) is 71.4. The Bertz CT molecular complexity index is 1480. The number of nitrogens with zero attached hydrogens (tertiary/aromatic N) is 4. The van der Waals surface area contributed by atoms with Gasteiger partial charge in [0.1, 0.15) is 60.7 Å². The van der Waals surface area contributed by atoms with Gasteiger partial charge in [-0.15, -0.1) is 0 Å². The lowest BCUT2D eigenvalue weighted by molar-refractivity contribution is -0.292. The van der Waals surface area contributed by atoms with Crippen molar-refractivity contribution in [2.24, 2.45) is 5.92 Å². The number of phosphoric acid groups is 1. The number of aliphatic hydroxyl groups excluding tert-OH is 6. The first-order chi connectivity index (χ1) is 20.4. The van der Waals surface area contributed by atoms with Crippen molar-refractivity contribution in [2.45, 2.75) is 73.4 Å². The Morgan fingerprint density at radius 3 is 2.50 bits per heavy atom. The van der Waals surface area contributed by atoms with Crippen LogP contribution in [0.5, 0.6) is 0 Å². The maximum absolute atomic E-state index is 16.2. The van der Waals surface area contributed by atoms with Gasteiger partial charge in [0.2, 0.25) is 0 Å². The van der Waals surface area contributed by atoms with Crippen LogP contribution in [0, 0.1) is 5.92 Å². The molecule has 5 rings (SSSR count). The first-order valence-corrected chi connectivity index (χ1v) is 17.0. The second kappa shape index (κ2) is 12.0. The molecular formula is C20H30FN5O15P2S.